The van der Waals surface area contributed by atoms with Gasteiger partial charge in [0.2, 0.25) is 5.88 Å². The molecule has 1 heterocycles. The predicted molar refractivity (Wildman–Crippen MR) is 149 cm³/mol. The van der Waals surface area contributed by atoms with Crippen LogP contribution in [-0.4, -0.2) is 36.2 Å². The third kappa shape index (κ3) is 6.95. The quantitative estimate of drug-likeness (QED) is 0.282. The monoisotopic (exact) mass is 567 g/mol. The number of carbonyl (C=O) groups is 1. The summed E-state index contributed by atoms with van der Waals surface area (Å²) in [5, 5.41) is 3.04. The van der Waals surface area contributed by atoms with Crippen LogP contribution in [0.15, 0.2) is 59.1 Å². The van der Waals surface area contributed by atoms with Gasteiger partial charge < -0.3 is 19.1 Å². The zero-order valence-electron chi connectivity index (χ0n) is 21.6. The molecule has 0 bridgehead atoms. The van der Waals surface area contributed by atoms with Crippen molar-refractivity contribution in [1.29, 1.82) is 0 Å². The van der Waals surface area contributed by atoms with E-state index >= 15 is 0 Å². The Balaban J connectivity index is 1.56. The molecule has 0 radical (unpaired) electrons. The third-order valence-corrected chi connectivity index (χ3v) is 7.25. The van der Waals surface area contributed by atoms with E-state index in [4.69, 9.17) is 14.2 Å². The summed E-state index contributed by atoms with van der Waals surface area (Å²) in [7, 11) is 3.11. The van der Waals surface area contributed by atoms with Gasteiger partial charge in [-0.25, -0.2) is 9.78 Å². The topological polar surface area (TPSA) is 72.9 Å². The van der Waals surface area contributed by atoms with E-state index in [-0.39, 0.29) is 12.1 Å². The second-order valence-electron chi connectivity index (χ2n) is 9.23. The highest BCUT2D eigenvalue weighted by Gasteiger charge is 2.27. The molecule has 0 aliphatic heterocycles. The van der Waals surface area contributed by atoms with Crippen molar-refractivity contribution in [3.8, 4) is 23.1 Å². The number of amides is 2. The minimum Gasteiger partial charge on any atom is -0.494 e. The van der Waals surface area contributed by atoms with Crippen molar-refractivity contribution in [2.24, 2.45) is 0 Å². The molecule has 0 saturated heterocycles. The van der Waals surface area contributed by atoms with Gasteiger partial charge in [-0.1, -0.05) is 49.9 Å². The number of para-hydroxylation sites is 1. The smallest absolute Gasteiger partial charge is 0.322 e. The second kappa shape index (κ2) is 12.8. The number of ether oxygens (including phenoxy) is 3. The van der Waals surface area contributed by atoms with Gasteiger partial charge in [-0.15, -0.1) is 0 Å². The molecule has 7 nitrogen and oxygen atoms in total. The van der Waals surface area contributed by atoms with Gasteiger partial charge in [0.15, 0.2) is 0 Å². The largest absolute Gasteiger partial charge is 0.494 e. The van der Waals surface area contributed by atoms with E-state index in [9.17, 15) is 4.79 Å². The summed E-state index contributed by atoms with van der Waals surface area (Å²) in [6, 6.07) is 17.4. The van der Waals surface area contributed by atoms with Crippen LogP contribution in [0.2, 0.25) is 0 Å². The Hall–Kier alpha value is -3.26. The summed E-state index contributed by atoms with van der Waals surface area (Å²) in [6.07, 6.45) is 6.61. The van der Waals surface area contributed by atoms with Crippen molar-refractivity contribution in [1.82, 2.24) is 9.88 Å². The number of nitrogens with zero attached hydrogens (tertiary/aromatic N) is 2. The normalized spacial score (nSPS) is 13.9. The molecule has 2 aromatic carbocycles. The first-order valence-electron chi connectivity index (χ1n) is 12.7. The molecule has 1 saturated carbocycles. The molecule has 196 valence electrons. The minimum absolute atomic E-state index is 0.147. The number of carbonyl (C=O) groups excluding carboxylic acids is 1. The number of halogens is 1. The Bertz CT molecular complexity index is 1170. The molecule has 8 heteroatoms. The molecule has 1 fully saturated rings. The number of pyridine rings is 1. The van der Waals surface area contributed by atoms with Gasteiger partial charge in [0, 0.05) is 24.3 Å². The molecule has 0 unspecified atom stereocenters. The van der Waals surface area contributed by atoms with Crippen LogP contribution >= 0.6 is 15.9 Å². The van der Waals surface area contributed by atoms with Crippen LogP contribution in [0.25, 0.3) is 0 Å². The van der Waals surface area contributed by atoms with Gasteiger partial charge in [0.25, 0.3) is 0 Å². The first-order valence-corrected chi connectivity index (χ1v) is 13.5. The molecular weight excluding hydrogens is 534 g/mol. The lowest BCUT2D eigenvalue weighted by Crippen LogP contribution is -2.42. The van der Waals surface area contributed by atoms with Crippen LogP contribution in [-0.2, 0) is 6.54 Å². The number of benzene rings is 2. The number of aryl methyl sites for hydroxylation is 1. The van der Waals surface area contributed by atoms with E-state index in [1.165, 1.54) is 20.0 Å². The van der Waals surface area contributed by atoms with E-state index in [0.29, 0.717) is 23.9 Å². The van der Waals surface area contributed by atoms with E-state index in [1.54, 1.807) is 13.2 Å². The molecule has 0 atom stereocenters. The predicted octanol–water partition coefficient (Wildman–Crippen LogP) is 7.72. The van der Waals surface area contributed by atoms with Crippen molar-refractivity contribution >= 4 is 27.6 Å². The Morgan fingerprint density at radius 1 is 1.00 bits per heavy atom. The molecule has 1 N–H and O–H groups in total. The Morgan fingerprint density at radius 2 is 1.70 bits per heavy atom. The molecule has 4 rings (SSSR count). The molecule has 3 aromatic rings. The number of anilines is 1. The van der Waals surface area contributed by atoms with Crippen LogP contribution in [0.5, 0.6) is 23.1 Å². The maximum atomic E-state index is 13.7. The lowest BCUT2D eigenvalue weighted by atomic mass is 10.1. The Morgan fingerprint density at radius 3 is 2.35 bits per heavy atom. The highest BCUT2D eigenvalue weighted by molar-refractivity contribution is 9.10. The fourth-order valence-corrected chi connectivity index (χ4v) is 5.03. The average Bonchev–Trinajstić information content (AvgIpc) is 3.19. The SMILES string of the molecule is COc1cc(C)nc(OC)c1NC(=O)N(Cc1ccc(Oc2ccccc2Br)cc1)C1CCCCCC1. The standard InChI is InChI=1S/C29H34BrN3O4/c1-20-18-26(35-2)27(28(31-20)36-3)32-29(34)33(22-10-6-4-5-7-11-22)19-21-14-16-23(17-15-21)37-25-13-9-8-12-24(25)30/h8-9,12-18,22H,4-7,10-11,19H2,1-3H3,(H,32,34). The first-order chi connectivity index (χ1) is 18.0. The summed E-state index contributed by atoms with van der Waals surface area (Å²) >= 11 is 3.52. The Labute approximate surface area is 227 Å². The fraction of sp³-hybridized carbons (Fsp3) is 0.379. The number of nitrogens with one attached hydrogen (secondary N) is 1. The van der Waals surface area contributed by atoms with Crippen molar-refractivity contribution in [3.05, 3.63) is 70.3 Å². The van der Waals surface area contributed by atoms with E-state index in [0.717, 1.165) is 52.9 Å². The second-order valence-corrected chi connectivity index (χ2v) is 10.1. The van der Waals surface area contributed by atoms with Gasteiger partial charge in [-0.3, -0.25) is 5.32 Å². The number of aromatic nitrogens is 1. The number of hydrogen-bond donors (Lipinski definition) is 1. The van der Waals surface area contributed by atoms with Crippen LogP contribution in [0.1, 0.15) is 49.8 Å². The minimum atomic E-state index is -0.192. The first kappa shape index (κ1) is 26.8. The van der Waals surface area contributed by atoms with Gasteiger partial charge >= 0.3 is 6.03 Å². The molecule has 0 spiro atoms. The maximum absolute atomic E-state index is 13.7. The fourth-order valence-electron chi connectivity index (χ4n) is 4.67. The van der Waals surface area contributed by atoms with Crippen LogP contribution in [0.3, 0.4) is 0 Å². The van der Waals surface area contributed by atoms with Crippen molar-refractivity contribution in [3.63, 3.8) is 0 Å². The molecule has 1 aromatic heterocycles. The van der Waals surface area contributed by atoms with Crippen molar-refractivity contribution < 1.29 is 19.0 Å². The van der Waals surface area contributed by atoms with Crippen LogP contribution in [0.4, 0.5) is 10.5 Å². The number of urea groups is 1. The third-order valence-electron chi connectivity index (χ3n) is 6.59. The number of methoxy groups -OCH3 is 2. The zero-order valence-corrected chi connectivity index (χ0v) is 23.2. The maximum Gasteiger partial charge on any atom is 0.322 e. The van der Waals surface area contributed by atoms with Gasteiger partial charge in [0.05, 0.1) is 18.7 Å². The average molecular weight is 569 g/mol. The highest BCUT2D eigenvalue weighted by atomic mass is 79.9. The zero-order chi connectivity index (χ0) is 26.2. The van der Waals surface area contributed by atoms with Gasteiger partial charge in [-0.2, -0.15) is 0 Å². The summed E-state index contributed by atoms with van der Waals surface area (Å²) in [4.78, 5) is 20.1. The highest BCUT2D eigenvalue weighted by Crippen LogP contribution is 2.35. The molecular formula is C29H34BrN3O4. The summed E-state index contributed by atoms with van der Waals surface area (Å²) in [6.45, 7) is 2.34. The van der Waals surface area contributed by atoms with E-state index < -0.39 is 0 Å². The van der Waals surface area contributed by atoms with Crippen LogP contribution in [0, 0.1) is 6.92 Å². The molecule has 37 heavy (non-hydrogen) atoms. The van der Waals surface area contributed by atoms with Crippen molar-refractivity contribution in [2.45, 2.75) is 58.0 Å². The van der Waals surface area contributed by atoms with Gasteiger partial charge in [-0.05, 0) is 65.5 Å². The van der Waals surface area contributed by atoms with Crippen LogP contribution < -0.4 is 19.5 Å². The number of hydrogen-bond acceptors (Lipinski definition) is 5. The summed E-state index contributed by atoms with van der Waals surface area (Å²) < 4.78 is 17.9. The summed E-state index contributed by atoms with van der Waals surface area (Å²) in [5.74, 6) is 2.34. The van der Waals surface area contributed by atoms with Gasteiger partial charge in [0.1, 0.15) is 22.9 Å². The lowest BCUT2D eigenvalue weighted by Gasteiger charge is -2.32. The van der Waals surface area contributed by atoms with E-state index in [2.05, 4.69) is 26.2 Å². The molecule has 1 aliphatic rings. The lowest BCUT2D eigenvalue weighted by molar-refractivity contribution is 0.175. The Kier molecular flexibility index (Phi) is 9.28. The number of rotatable bonds is 8. The van der Waals surface area contributed by atoms with E-state index in [1.807, 2.05) is 60.4 Å². The molecule has 1 aliphatic carbocycles. The summed E-state index contributed by atoms with van der Waals surface area (Å²) in [5.41, 5.74) is 2.22. The molecule has 2 amide bonds. The van der Waals surface area contributed by atoms with Crippen molar-refractivity contribution in [2.75, 3.05) is 19.5 Å².